The zero-order valence-corrected chi connectivity index (χ0v) is 12.2. The molecule has 0 unspecified atom stereocenters. The average Bonchev–Trinajstić information content (AvgIpc) is 2.30. The van der Waals surface area contributed by atoms with E-state index in [0.29, 0.717) is 29.6 Å². The molecule has 0 amide bonds. The van der Waals surface area contributed by atoms with Gasteiger partial charge in [0.1, 0.15) is 0 Å². The number of hydrogen-bond donors (Lipinski definition) is 1. The summed E-state index contributed by atoms with van der Waals surface area (Å²) in [6, 6.07) is 3.75. The molecule has 0 saturated carbocycles. The van der Waals surface area contributed by atoms with Crippen LogP contribution in [0.4, 0.5) is 0 Å². The average molecular weight is 321 g/mol. The lowest BCUT2D eigenvalue weighted by molar-refractivity contribution is 0.354. The lowest BCUT2D eigenvalue weighted by Gasteiger charge is -2.13. The van der Waals surface area contributed by atoms with E-state index in [9.17, 15) is 0 Å². The van der Waals surface area contributed by atoms with Gasteiger partial charge < -0.3 is 14.8 Å². The number of hydrogen-bond acceptors (Lipinski definition) is 3. The van der Waals surface area contributed by atoms with Crippen molar-refractivity contribution in [3.05, 3.63) is 33.8 Å². The standard InChI is InChI=1S/C12H15BrClNO2/c1-8(13)6-15-7-9-4-5-10(16-2)12(17-3)11(9)14/h4-5,15H,1,6-7H2,2-3H3. The van der Waals surface area contributed by atoms with E-state index < -0.39 is 0 Å². The fourth-order valence-corrected chi connectivity index (χ4v) is 1.90. The summed E-state index contributed by atoms with van der Waals surface area (Å²) in [5.41, 5.74) is 0.957. The van der Waals surface area contributed by atoms with E-state index >= 15 is 0 Å². The first-order chi connectivity index (χ1) is 8.10. The molecule has 1 rings (SSSR count). The van der Waals surface area contributed by atoms with Gasteiger partial charge in [0.15, 0.2) is 11.5 Å². The Hall–Kier alpha value is -0.710. The Morgan fingerprint density at radius 1 is 1.41 bits per heavy atom. The summed E-state index contributed by atoms with van der Waals surface area (Å²) < 4.78 is 11.3. The maximum atomic E-state index is 6.23. The Morgan fingerprint density at radius 3 is 2.65 bits per heavy atom. The Bertz CT molecular complexity index is 410. The van der Waals surface area contributed by atoms with E-state index in [4.69, 9.17) is 21.1 Å². The first-order valence-electron chi connectivity index (χ1n) is 5.03. The van der Waals surface area contributed by atoms with Crippen molar-refractivity contribution < 1.29 is 9.47 Å². The normalized spacial score (nSPS) is 10.1. The van der Waals surface area contributed by atoms with Gasteiger partial charge in [-0.05, 0) is 11.6 Å². The minimum absolute atomic E-state index is 0.561. The summed E-state index contributed by atoms with van der Waals surface area (Å²) in [6.07, 6.45) is 0. The van der Waals surface area contributed by atoms with Gasteiger partial charge in [-0.2, -0.15) is 0 Å². The highest BCUT2D eigenvalue weighted by atomic mass is 79.9. The Balaban J connectivity index is 2.83. The molecule has 0 aliphatic heterocycles. The molecular formula is C12H15BrClNO2. The maximum Gasteiger partial charge on any atom is 0.179 e. The number of halogens is 2. The van der Waals surface area contributed by atoms with Crippen LogP contribution in [-0.4, -0.2) is 20.8 Å². The van der Waals surface area contributed by atoms with Crippen LogP contribution in [0.15, 0.2) is 23.2 Å². The summed E-state index contributed by atoms with van der Waals surface area (Å²) in [4.78, 5) is 0. The van der Waals surface area contributed by atoms with Crippen molar-refractivity contribution in [1.82, 2.24) is 5.32 Å². The SMILES string of the molecule is C=C(Br)CNCc1ccc(OC)c(OC)c1Cl. The monoisotopic (exact) mass is 319 g/mol. The molecule has 0 spiro atoms. The van der Waals surface area contributed by atoms with Gasteiger partial charge >= 0.3 is 0 Å². The summed E-state index contributed by atoms with van der Waals surface area (Å²) >= 11 is 9.51. The lowest BCUT2D eigenvalue weighted by Crippen LogP contribution is -2.14. The lowest BCUT2D eigenvalue weighted by atomic mass is 10.2. The molecule has 1 aromatic rings. The first kappa shape index (κ1) is 14.4. The summed E-state index contributed by atoms with van der Waals surface area (Å²) in [7, 11) is 3.15. The van der Waals surface area contributed by atoms with Crippen LogP contribution in [0.2, 0.25) is 5.02 Å². The van der Waals surface area contributed by atoms with Crippen LogP contribution in [0, 0.1) is 0 Å². The molecule has 0 radical (unpaired) electrons. The smallest absolute Gasteiger partial charge is 0.179 e. The molecule has 0 aromatic heterocycles. The fraction of sp³-hybridized carbons (Fsp3) is 0.333. The van der Waals surface area contributed by atoms with Gasteiger partial charge in [0.05, 0.1) is 19.2 Å². The second-order valence-electron chi connectivity index (χ2n) is 3.39. The van der Waals surface area contributed by atoms with Crippen LogP contribution in [0.5, 0.6) is 11.5 Å². The molecule has 17 heavy (non-hydrogen) atoms. The Kier molecular flexibility index (Phi) is 5.82. The van der Waals surface area contributed by atoms with E-state index in [1.54, 1.807) is 14.2 Å². The number of methoxy groups -OCH3 is 2. The number of nitrogens with one attached hydrogen (secondary N) is 1. The third-order valence-electron chi connectivity index (χ3n) is 2.20. The van der Waals surface area contributed by atoms with Crippen molar-refractivity contribution in [3.63, 3.8) is 0 Å². The minimum Gasteiger partial charge on any atom is -0.493 e. The fourth-order valence-electron chi connectivity index (χ4n) is 1.40. The van der Waals surface area contributed by atoms with Crippen LogP contribution < -0.4 is 14.8 Å². The minimum atomic E-state index is 0.561. The second-order valence-corrected chi connectivity index (χ2v) is 4.89. The molecule has 0 bridgehead atoms. The molecule has 5 heteroatoms. The van der Waals surface area contributed by atoms with Gasteiger partial charge in [0.2, 0.25) is 0 Å². The molecule has 0 aliphatic rings. The molecule has 0 saturated heterocycles. The molecular weight excluding hydrogens is 305 g/mol. The summed E-state index contributed by atoms with van der Waals surface area (Å²) in [5, 5.41) is 3.77. The molecule has 1 aromatic carbocycles. The van der Waals surface area contributed by atoms with E-state index in [1.165, 1.54) is 0 Å². The Labute approximate surface area is 115 Å². The van der Waals surface area contributed by atoms with Crippen molar-refractivity contribution in [1.29, 1.82) is 0 Å². The quantitative estimate of drug-likeness (QED) is 0.872. The van der Waals surface area contributed by atoms with Gasteiger partial charge in [0, 0.05) is 17.6 Å². The van der Waals surface area contributed by atoms with Crippen molar-refractivity contribution in [2.24, 2.45) is 0 Å². The van der Waals surface area contributed by atoms with Crippen LogP contribution in [0.3, 0.4) is 0 Å². The van der Waals surface area contributed by atoms with Crippen molar-refractivity contribution in [2.45, 2.75) is 6.54 Å². The third-order valence-corrected chi connectivity index (χ3v) is 2.89. The molecule has 3 nitrogen and oxygen atoms in total. The van der Waals surface area contributed by atoms with Crippen molar-refractivity contribution in [2.75, 3.05) is 20.8 Å². The zero-order valence-electron chi connectivity index (χ0n) is 9.85. The van der Waals surface area contributed by atoms with Gasteiger partial charge in [-0.1, -0.05) is 40.2 Å². The number of ether oxygens (including phenoxy) is 2. The van der Waals surface area contributed by atoms with Gasteiger partial charge in [-0.15, -0.1) is 0 Å². The molecule has 0 atom stereocenters. The second kappa shape index (κ2) is 6.89. The zero-order chi connectivity index (χ0) is 12.8. The first-order valence-corrected chi connectivity index (χ1v) is 6.20. The summed E-state index contributed by atoms with van der Waals surface area (Å²) in [6.45, 7) is 5.07. The van der Waals surface area contributed by atoms with Crippen LogP contribution in [-0.2, 0) is 6.54 Å². The van der Waals surface area contributed by atoms with Crippen LogP contribution in [0.1, 0.15) is 5.56 Å². The van der Waals surface area contributed by atoms with E-state index in [-0.39, 0.29) is 0 Å². The molecule has 0 aliphatic carbocycles. The molecule has 1 N–H and O–H groups in total. The molecule has 0 fully saturated rings. The van der Waals surface area contributed by atoms with E-state index in [2.05, 4.69) is 27.8 Å². The van der Waals surface area contributed by atoms with E-state index in [0.717, 1.165) is 10.0 Å². The van der Waals surface area contributed by atoms with Gasteiger partial charge in [-0.25, -0.2) is 0 Å². The predicted octanol–water partition coefficient (Wildman–Crippen LogP) is 3.36. The Morgan fingerprint density at radius 2 is 2.12 bits per heavy atom. The molecule has 0 heterocycles. The van der Waals surface area contributed by atoms with Crippen molar-refractivity contribution in [3.8, 4) is 11.5 Å². The highest BCUT2D eigenvalue weighted by Crippen LogP contribution is 2.37. The highest BCUT2D eigenvalue weighted by Gasteiger charge is 2.12. The van der Waals surface area contributed by atoms with Crippen molar-refractivity contribution >= 4 is 27.5 Å². The van der Waals surface area contributed by atoms with Crippen LogP contribution >= 0.6 is 27.5 Å². The number of rotatable bonds is 6. The van der Waals surface area contributed by atoms with Gasteiger partial charge in [0.25, 0.3) is 0 Å². The topological polar surface area (TPSA) is 30.5 Å². The summed E-state index contributed by atoms with van der Waals surface area (Å²) in [5.74, 6) is 1.19. The molecule has 94 valence electrons. The van der Waals surface area contributed by atoms with Crippen LogP contribution in [0.25, 0.3) is 0 Å². The third kappa shape index (κ3) is 3.91. The largest absolute Gasteiger partial charge is 0.493 e. The van der Waals surface area contributed by atoms with Gasteiger partial charge in [-0.3, -0.25) is 0 Å². The maximum absolute atomic E-state index is 6.23. The van der Waals surface area contributed by atoms with E-state index in [1.807, 2.05) is 12.1 Å². The predicted molar refractivity (Wildman–Crippen MR) is 74.3 cm³/mol. The highest BCUT2D eigenvalue weighted by molar-refractivity contribution is 9.11. The number of benzene rings is 1.